The molecule has 1 amide bonds. The number of hydrogen-bond acceptors (Lipinski definition) is 7. The van der Waals surface area contributed by atoms with Crippen LogP contribution in [-0.4, -0.2) is 42.6 Å². The number of rotatable bonds is 12. The molecule has 9 heteroatoms. The average Bonchev–Trinajstić information content (AvgIpc) is 2.83. The van der Waals surface area contributed by atoms with Crippen molar-refractivity contribution in [2.75, 3.05) is 6.54 Å². The standard InChI is InChI=1S/C27H34ClNO7/c1-6-22(7-2)35-26(32)34-18(3)33-25(31)27(4,5)36-23-14-8-19(9-15-23)16-17-29-24(30)20-10-12-21(28)13-11-20/h8-15,18,22H,6-7,16-17H2,1-5H3,(H,29,30). The number of amides is 1. The molecule has 0 aliphatic carbocycles. The molecular formula is C27H34ClNO7. The predicted octanol–water partition coefficient (Wildman–Crippen LogP) is 5.70. The molecule has 0 heterocycles. The Morgan fingerprint density at radius 1 is 0.917 bits per heavy atom. The Hall–Kier alpha value is -3.26. The first kappa shape index (κ1) is 29.0. The largest absolute Gasteiger partial charge is 0.511 e. The number of benzene rings is 2. The van der Waals surface area contributed by atoms with Gasteiger partial charge in [0.05, 0.1) is 0 Å². The molecule has 0 aromatic heterocycles. The van der Waals surface area contributed by atoms with E-state index < -0.39 is 24.0 Å². The first-order chi connectivity index (χ1) is 17.0. The lowest BCUT2D eigenvalue weighted by Gasteiger charge is -2.26. The normalized spacial score (nSPS) is 12.0. The van der Waals surface area contributed by atoms with E-state index >= 15 is 0 Å². The Bertz CT molecular complexity index is 1000. The van der Waals surface area contributed by atoms with E-state index in [0.29, 0.717) is 42.1 Å². The van der Waals surface area contributed by atoms with Crippen molar-refractivity contribution < 1.29 is 33.3 Å². The highest BCUT2D eigenvalue weighted by atomic mass is 35.5. The smallest absolute Gasteiger partial charge is 0.476 e. The lowest BCUT2D eigenvalue weighted by Crippen LogP contribution is -2.42. The predicted molar refractivity (Wildman–Crippen MR) is 136 cm³/mol. The Labute approximate surface area is 217 Å². The van der Waals surface area contributed by atoms with Gasteiger partial charge in [0.2, 0.25) is 6.29 Å². The molecule has 0 aliphatic heterocycles. The minimum absolute atomic E-state index is 0.172. The molecule has 2 aromatic carbocycles. The Morgan fingerprint density at radius 3 is 2.11 bits per heavy atom. The van der Waals surface area contributed by atoms with Gasteiger partial charge in [-0.3, -0.25) is 4.79 Å². The third-order valence-corrected chi connectivity index (χ3v) is 5.55. The molecule has 0 spiro atoms. The lowest BCUT2D eigenvalue weighted by atomic mass is 10.1. The maximum atomic E-state index is 12.6. The van der Waals surface area contributed by atoms with Gasteiger partial charge < -0.3 is 24.3 Å². The molecule has 8 nitrogen and oxygen atoms in total. The van der Waals surface area contributed by atoms with Crippen LogP contribution in [0.2, 0.25) is 5.02 Å². The molecule has 0 saturated heterocycles. The highest BCUT2D eigenvalue weighted by Crippen LogP contribution is 2.21. The summed E-state index contributed by atoms with van der Waals surface area (Å²) in [4.78, 5) is 36.6. The summed E-state index contributed by atoms with van der Waals surface area (Å²) in [6.45, 7) is 8.81. The van der Waals surface area contributed by atoms with Crippen molar-refractivity contribution in [2.24, 2.45) is 0 Å². The summed E-state index contributed by atoms with van der Waals surface area (Å²) in [5, 5.41) is 3.44. The van der Waals surface area contributed by atoms with Crippen molar-refractivity contribution in [3.8, 4) is 5.75 Å². The number of halogens is 1. The molecule has 2 aromatic rings. The number of hydrogen-bond donors (Lipinski definition) is 1. The molecule has 0 radical (unpaired) electrons. The maximum Gasteiger partial charge on any atom is 0.511 e. The molecule has 0 aliphatic rings. The van der Waals surface area contributed by atoms with Crippen molar-refractivity contribution in [1.29, 1.82) is 0 Å². The van der Waals surface area contributed by atoms with Crippen LogP contribution < -0.4 is 10.1 Å². The first-order valence-electron chi connectivity index (χ1n) is 11.9. The van der Waals surface area contributed by atoms with Crippen LogP contribution in [0.25, 0.3) is 0 Å². The molecule has 0 bridgehead atoms. The second kappa shape index (κ2) is 13.7. The number of nitrogens with one attached hydrogen (secondary N) is 1. The van der Waals surface area contributed by atoms with Crippen molar-refractivity contribution in [3.63, 3.8) is 0 Å². The van der Waals surface area contributed by atoms with Crippen LogP contribution >= 0.6 is 11.6 Å². The van der Waals surface area contributed by atoms with E-state index in [2.05, 4.69) is 5.32 Å². The van der Waals surface area contributed by atoms with Crippen LogP contribution in [0.5, 0.6) is 5.75 Å². The van der Waals surface area contributed by atoms with Gasteiger partial charge in [0.1, 0.15) is 11.9 Å². The Balaban J connectivity index is 1.80. The SMILES string of the molecule is CCC(CC)OC(=O)OC(C)OC(=O)C(C)(C)Oc1ccc(CCNC(=O)c2ccc(Cl)cc2)cc1. The van der Waals surface area contributed by atoms with Crippen LogP contribution in [0.15, 0.2) is 48.5 Å². The van der Waals surface area contributed by atoms with Gasteiger partial charge in [0, 0.05) is 24.1 Å². The number of carbonyl (C=O) groups excluding carboxylic acids is 3. The third kappa shape index (κ3) is 9.41. The Morgan fingerprint density at radius 2 is 1.53 bits per heavy atom. The topological polar surface area (TPSA) is 100 Å². The van der Waals surface area contributed by atoms with E-state index in [-0.39, 0.29) is 12.0 Å². The summed E-state index contributed by atoms with van der Waals surface area (Å²) >= 11 is 5.85. The summed E-state index contributed by atoms with van der Waals surface area (Å²) in [5.74, 6) is -0.402. The Kier molecular flexibility index (Phi) is 11.0. The van der Waals surface area contributed by atoms with Crippen LogP contribution in [0.4, 0.5) is 4.79 Å². The van der Waals surface area contributed by atoms with E-state index in [0.717, 1.165) is 5.56 Å². The van der Waals surface area contributed by atoms with Crippen LogP contribution in [0.1, 0.15) is 63.4 Å². The van der Waals surface area contributed by atoms with Crippen LogP contribution in [0.3, 0.4) is 0 Å². The molecule has 36 heavy (non-hydrogen) atoms. The van der Waals surface area contributed by atoms with Crippen molar-refractivity contribution in [3.05, 3.63) is 64.7 Å². The third-order valence-electron chi connectivity index (χ3n) is 5.30. The fraction of sp³-hybridized carbons (Fsp3) is 0.444. The van der Waals surface area contributed by atoms with Gasteiger partial charge in [0.15, 0.2) is 5.60 Å². The number of esters is 1. The summed E-state index contributed by atoms with van der Waals surface area (Å²) in [6, 6.07) is 13.9. The van der Waals surface area contributed by atoms with Gasteiger partial charge >= 0.3 is 12.1 Å². The second-order valence-corrected chi connectivity index (χ2v) is 9.10. The molecular weight excluding hydrogens is 486 g/mol. The van der Waals surface area contributed by atoms with Crippen molar-refractivity contribution >= 4 is 29.6 Å². The van der Waals surface area contributed by atoms with Gasteiger partial charge in [-0.25, -0.2) is 9.59 Å². The molecule has 0 saturated carbocycles. The lowest BCUT2D eigenvalue weighted by molar-refractivity contribution is -0.183. The zero-order valence-electron chi connectivity index (χ0n) is 21.3. The van der Waals surface area contributed by atoms with Gasteiger partial charge in [-0.2, -0.15) is 0 Å². The van der Waals surface area contributed by atoms with Crippen molar-refractivity contribution in [2.45, 2.75) is 71.9 Å². The van der Waals surface area contributed by atoms with E-state index in [9.17, 15) is 14.4 Å². The minimum Gasteiger partial charge on any atom is -0.476 e. The highest BCUT2D eigenvalue weighted by molar-refractivity contribution is 6.30. The molecule has 0 fully saturated rings. The van der Waals surface area contributed by atoms with Gasteiger partial charge in [-0.05, 0) is 75.1 Å². The number of carbonyl (C=O) groups is 3. The van der Waals surface area contributed by atoms with Crippen LogP contribution in [-0.2, 0) is 25.4 Å². The van der Waals surface area contributed by atoms with E-state index in [1.54, 1.807) is 50.2 Å². The van der Waals surface area contributed by atoms with E-state index in [1.165, 1.54) is 6.92 Å². The zero-order chi connectivity index (χ0) is 26.7. The van der Waals surface area contributed by atoms with Crippen molar-refractivity contribution in [1.82, 2.24) is 5.32 Å². The first-order valence-corrected chi connectivity index (χ1v) is 12.3. The minimum atomic E-state index is -1.33. The summed E-state index contributed by atoms with van der Waals surface area (Å²) in [5.41, 5.74) is 0.197. The van der Waals surface area contributed by atoms with Gasteiger partial charge in [0.25, 0.3) is 5.91 Å². The molecule has 1 atom stereocenters. The van der Waals surface area contributed by atoms with E-state index in [1.807, 2.05) is 26.0 Å². The van der Waals surface area contributed by atoms with Crippen LogP contribution in [0, 0.1) is 0 Å². The molecule has 1 unspecified atom stereocenters. The highest BCUT2D eigenvalue weighted by Gasteiger charge is 2.34. The second-order valence-electron chi connectivity index (χ2n) is 8.67. The summed E-state index contributed by atoms with van der Waals surface area (Å²) in [7, 11) is 0. The zero-order valence-corrected chi connectivity index (χ0v) is 22.1. The molecule has 2 rings (SSSR count). The van der Waals surface area contributed by atoms with Gasteiger partial charge in [-0.15, -0.1) is 0 Å². The average molecular weight is 520 g/mol. The fourth-order valence-corrected chi connectivity index (χ4v) is 3.28. The fourth-order valence-electron chi connectivity index (χ4n) is 3.16. The monoisotopic (exact) mass is 519 g/mol. The summed E-state index contributed by atoms with van der Waals surface area (Å²) < 4.78 is 21.2. The van der Waals surface area contributed by atoms with E-state index in [4.69, 9.17) is 30.5 Å². The number of ether oxygens (including phenoxy) is 4. The molecule has 1 N–H and O–H groups in total. The summed E-state index contributed by atoms with van der Waals surface area (Å²) in [6.07, 6.45) is -0.319. The maximum absolute atomic E-state index is 12.6. The quantitative estimate of drug-likeness (QED) is 0.283. The molecule has 196 valence electrons. The van der Waals surface area contributed by atoms with Gasteiger partial charge in [-0.1, -0.05) is 37.6 Å².